The number of rotatable bonds is 4. The van der Waals surface area contributed by atoms with E-state index in [0.717, 1.165) is 25.7 Å². The van der Waals surface area contributed by atoms with Crippen LogP contribution in [-0.2, 0) is 4.79 Å². The third-order valence-corrected chi connectivity index (χ3v) is 3.30. The molecular weight excluding hydrogens is 202 g/mol. The van der Waals surface area contributed by atoms with Gasteiger partial charge in [-0.2, -0.15) is 5.26 Å². The summed E-state index contributed by atoms with van der Waals surface area (Å²) in [4.78, 5) is 11.3. The number of primary amides is 1. The molecule has 0 bridgehead atoms. The van der Waals surface area contributed by atoms with E-state index >= 15 is 0 Å². The summed E-state index contributed by atoms with van der Waals surface area (Å²) >= 11 is 0. The highest BCUT2D eigenvalue weighted by Gasteiger charge is 2.29. The van der Waals surface area contributed by atoms with E-state index in [4.69, 9.17) is 11.0 Å². The number of nitriles is 1. The molecule has 0 aromatic carbocycles. The summed E-state index contributed by atoms with van der Waals surface area (Å²) in [5, 5.41) is 12.3. The molecule has 0 spiro atoms. The number of hydrogen-bond donors (Lipinski definition) is 2. The van der Waals surface area contributed by atoms with Gasteiger partial charge in [-0.1, -0.05) is 26.7 Å². The Labute approximate surface area is 97.2 Å². The maximum atomic E-state index is 11.3. The lowest BCUT2D eigenvalue weighted by Gasteiger charge is -2.32. The van der Waals surface area contributed by atoms with Gasteiger partial charge in [0.15, 0.2) is 0 Å². The van der Waals surface area contributed by atoms with Crippen LogP contribution >= 0.6 is 0 Å². The van der Waals surface area contributed by atoms with E-state index in [1.54, 1.807) is 0 Å². The maximum Gasteiger partial charge on any atom is 0.234 e. The van der Waals surface area contributed by atoms with Gasteiger partial charge in [-0.15, -0.1) is 0 Å². The van der Waals surface area contributed by atoms with E-state index < -0.39 is 0 Å². The zero-order valence-corrected chi connectivity index (χ0v) is 10.1. The number of nitrogens with zero attached hydrogens (tertiary/aromatic N) is 1. The minimum absolute atomic E-state index is 0.0225. The molecule has 1 amide bonds. The van der Waals surface area contributed by atoms with Gasteiger partial charge >= 0.3 is 0 Å². The fourth-order valence-electron chi connectivity index (χ4n) is 2.32. The molecule has 16 heavy (non-hydrogen) atoms. The Kier molecular flexibility index (Phi) is 4.75. The quantitative estimate of drug-likeness (QED) is 0.750. The van der Waals surface area contributed by atoms with Crippen molar-refractivity contribution in [1.82, 2.24) is 5.32 Å². The van der Waals surface area contributed by atoms with Crippen LogP contribution in [-0.4, -0.2) is 18.0 Å². The fraction of sp³-hybridized carbons (Fsp3) is 0.833. The van der Waals surface area contributed by atoms with Crippen LogP contribution in [0, 0.1) is 23.2 Å². The van der Waals surface area contributed by atoms with Gasteiger partial charge in [0, 0.05) is 6.04 Å². The van der Waals surface area contributed by atoms with E-state index in [2.05, 4.69) is 11.4 Å². The summed E-state index contributed by atoms with van der Waals surface area (Å²) in [5.41, 5.74) is 5.36. The third kappa shape index (κ3) is 3.21. The van der Waals surface area contributed by atoms with Crippen molar-refractivity contribution >= 4 is 5.91 Å². The van der Waals surface area contributed by atoms with Crippen molar-refractivity contribution in [2.75, 3.05) is 0 Å². The predicted octanol–water partition coefficient (Wildman–Crippen LogP) is 1.17. The van der Waals surface area contributed by atoms with E-state index in [9.17, 15) is 4.79 Å². The largest absolute Gasteiger partial charge is 0.368 e. The number of hydrogen-bond acceptors (Lipinski definition) is 3. The van der Waals surface area contributed by atoms with Crippen LogP contribution in [0.15, 0.2) is 0 Å². The lowest BCUT2D eigenvalue weighted by atomic mass is 9.84. The molecular formula is C12H21N3O. The molecule has 1 saturated carbocycles. The topological polar surface area (TPSA) is 78.9 Å². The van der Waals surface area contributed by atoms with Crippen molar-refractivity contribution < 1.29 is 4.79 Å². The average molecular weight is 223 g/mol. The molecule has 0 aromatic rings. The first-order valence-electron chi connectivity index (χ1n) is 6.01. The zero-order chi connectivity index (χ0) is 12.1. The van der Waals surface area contributed by atoms with Gasteiger partial charge < -0.3 is 11.1 Å². The second kappa shape index (κ2) is 5.86. The second-order valence-electron chi connectivity index (χ2n) is 4.92. The van der Waals surface area contributed by atoms with E-state index in [1.807, 2.05) is 13.8 Å². The van der Waals surface area contributed by atoms with Crippen molar-refractivity contribution in [1.29, 1.82) is 5.26 Å². The van der Waals surface area contributed by atoms with Crippen molar-refractivity contribution in [3.63, 3.8) is 0 Å². The van der Waals surface area contributed by atoms with Crippen molar-refractivity contribution in [2.24, 2.45) is 17.6 Å². The Morgan fingerprint density at radius 1 is 1.44 bits per heavy atom. The number of amides is 1. The molecule has 1 fully saturated rings. The Balaban J connectivity index is 2.62. The van der Waals surface area contributed by atoms with Crippen molar-refractivity contribution in [3.05, 3.63) is 0 Å². The molecule has 4 nitrogen and oxygen atoms in total. The summed E-state index contributed by atoms with van der Waals surface area (Å²) < 4.78 is 0. The molecule has 0 saturated heterocycles. The highest BCUT2D eigenvalue weighted by molar-refractivity contribution is 5.80. The van der Waals surface area contributed by atoms with Crippen LogP contribution in [0.1, 0.15) is 39.5 Å². The molecule has 0 radical (unpaired) electrons. The molecule has 3 unspecified atom stereocenters. The van der Waals surface area contributed by atoms with Crippen molar-refractivity contribution in [3.8, 4) is 6.07 Å². The molecule has 0 heterocycles. The predicted molar refractivity (Wildman–Crippen MR) is 62.3 cm³/mol. The van der Waals surface area contributed by atoms with Crippen LogP contribution in [0.3, 0.4) is 0 Å². The highest BCUT2D eigenvalue weighted by Crippen LogP contribution is 2.24. The van der Waals surface area contributed by atoms with E-state index in [1.165, 1.54) is 0 Å². The first-order chi connectivity index (χ1) is 7.56. The minimum atomic E-state index is -0.322. The van der Waals surface area contributed by atoms with Gasteiger partial charge in [-0.05, 0) is 18.8 Å². The summed E-state index contributed by atoms with van der Waals surface area (Å²) in [6, 6.07) is 2.13. The molecule has 4 heteroatoms. The van der Waals surface area contributed by atoms with Gasteiger partial charge in [0.05, 0.1) is 18.0 Å². The smallest absolute Gasteiger partial charge is 0.234 e. The minimum Gasteiger partial charge on any atom is -0.368 e. The molecule has 1 rings (SSSR count). The first-order valence-corrected chi connectivity index (χ1v) is 6.01. The second-order valence-corrected chi connectivity index (χ2v) is 4.92. The number of nitrogens with one attached hydrogen (secondary N) is 1. The van der Waals surface area contributed by atoms with Crippen LogP contribution in [0.5, 0.6) is 0 Å². The van der Waals surface area contributed by atoms with E-state index in [-0.39, 0.29) is 29.8 Å². The fourth-order valence-corrected chi connectivity index (χ4v) is 2.32. The Hall–Kier alpha value is -1.08. The van der Waals surface area contributed by atoms with Crippen LogP contribution in [0.4, 0.5) is 0 Å². The monoisotopic (exact) mass is 223 g/mol. The molecule has 0 aromatic heterocycles. The summed E-state index contributed by atoms with van der Waals surface area (Å²) in [6.07, 6.45) is 4.13. The molecule has 3 N–H and O–H groups in total. The highest BCUT2D eigenvalue weighted by atomic mass is 16.1. The summed E-state index contributed by atoms with van der Waals surface area (Å²) in [6.45, 7) is 3.93. The lowest BCUT2D eigenvalue weighted by molar-refractivity contribution is -0.121. The van der Waals surface area contributed by atoms with Crippen LogP contribution in [0.2, 0.25) is 0 Å². The number of nitrogens with two attached hydrogens (primary N) is 1. The van der Waals surface area contributed by atoms with Crippen LogP contribution < -0.4 is 11.1 Å². The van der Waals surface area contributed by atoms with Gasteiger partial charge in [0.2, 0.25) is 5.91 Å². The lowest BCUT2D eigenvalue weighted by Crippen LogP contribution is -2.52. The van der Waals surface area contributed by atoms with Gasteiger partial charge in [-0.25, -0.2) is 0 Å². The zero-order valence-electron chi connectivity index (χ0n) is 10.1. The van der Waals surface area contributed by atoms with Crippen LogP contribution in [0.25, 0.3) is 0 Å². The third-order valence-electron chi connectivity index (χ3n) is 3.30. The Bertz CT molecular complexity index is 282. The van der Waals surface area contributed by atoms with Gasteiger partial charge in [0.25, 0.3) is 0 Å². The molecule has 90 valence electrons. The van der Waals surface area contributed by atoms with E-state index in [0.29, 0.717) is 0 Å². The Morgan fingerprint density at radius 2 is 2.06 bits per heavy atom. The average Bonchev–Trinajstić information content (AvgIpc) is 2.25. The standard InChI is InChI=1S/C12H21N3O/c1-8(2)11(12(14)16)15-10-6-4-3-5-9(10)7-13/h8-11,15H,3-6H2,1-2H3,(H2,14,16). The maximum absolute atomic E-state index is 11.3. The van der Waals surface area contributed by atoms with Crippen molar-refractivity contribution in [2.45, 2.75) is 51.6 Å². The molecule has 0 aliphatic heterocycles. The SMILES string of the molecule is CC(C)C(NC1CCCCC1C#N)C(N)=O. The molecule has 3 atom stereocenters. The Morgan fingerprint density at radius 3 is 2.56 bits per heavy atom. The molecule has 1 aliphatic carbocycles. The van der Waals surface area contributed by atoms with Gasteiger partial charge in [-0.3, -0.25) is 4.79 Å². The summed E-state index contributed by atoms with van der Waals surface area (Å²) in [7, 11) is 0. The first kappa shape index (κ1) is 13.0. The summed E-state index contributed by atoms with van der Waals surface area (Å²) in [5.74, 6) is -0.134. The number of carbonyl (C=O) groups is 1. The van der Waals surface area contributed by atoms with Gasteiger partial charge in [0.1, 0.15) is 0 Å². The normalized spacial score (nSPS) is 27.4. The molecule has 1 aliphatic rings. The number of carbonyl (C=O) groups excluding carboxylic acids is 1.